The predicted octanol–water partition coefficient (Wildman–Crippen LogP) is 10.7. The highest BCUT2D eigenvalue weighted by Crippen LogP contribution is 2.42. The molecule has 0 amide bonds. The highest BCUT2D eigenvalue weighted by atomic mass is 28.4. The normalized spacial score (nSPS) is 22.4. The third-order valence-electron chi connectivity index (χ3n) is 10.4. The predicted molar refractivity (Wildman–Crippen MR) is 252 cm³/mol. The van der Waals surface area contributed by atoms with Gasteiger partial charge in [-0.25, -0.2) is 0 Å². The van der Waals surface area contributed by atoms with Crippen LogP contribution in [0.15, 0.2) is 0 Å². The van der Waals surface area contributed by atoms with Crippen molar-refractivity contribution < 1.29 is 41.4 Å². The van der Waals surface area contributed by atoms with Gasteiger partial charge in [-0.15, -0.1) is 0 Å². The molecule has 3 rings (SSSR count). The van der Waals surface area contributed by atoms with E-state index in [1.165, 1.54) is 18.9 Å². The van der Waals surface area contributed by atoms with Crippen LogP contribution >= 0.6 is 0 Å². The van der Waals surface area contributed by atoms with Crippen molar-refractivity contribution in [2.24, 2.45) is 11.3 Å². The summed E-state index contributed by atoms with van der Waals surface area (Å²) >= 11 is 0. The lowest BCUT2D eigenvalue weighted by molar-refractivity contribution is 0.0619. The van der Waals surface area contributed by atoms with E-state index in [1.807, 2.05) is 0 Å². The van der Waals surface area contributed by atoms with Crippen LogP contribution in [0.1, 0.15) is 80.1 Å². The van der Waals surface area contributed by atoms with Gasteiger partial charge in [0, 0.05) is 27.9 Å². The average molecular weight is 896 g/mol. The van der Waals surface area contributed by atoms with E-state index in [-0.39, 0.29) is 11.2 Å². The van der Waals surface area contributed by atoms with Crippen LogP contribution < -0.4 is 0 Å². The van der Waals surface area contributed by atoms with Gasteiger partial charge in [0.2, 0.25) is 0 Å². The molecule has 0 aromatic rings. The summed E-state index contributed by atoms with van der Waals surface area (Å²) in [4.78, 5) is 0. The highest BCUT2D eigenvalue weighted by molar-refractivity contribution is 6.78. The number of hydrogen-bond donors (Lipinski definition) is 0. The van der Waals surface area contributed by atoms with E-state index in [9.17, 15) is 0 Å². The van der Waals surface area contributed by atoms with E-state index < -0.39 is 42.1 Å². The van der Waals surface area contributed by atoms with Gasteiger partial charge < -0.3 is 41.4 Å². The first kappa shape index (κ1) is 53.9. The van der Waals surface area contributed by atoms with Crippen molar-refractivity contribution in [3.05, 3.63) is 0 Å². The molecule has 0 aromatic heterocycles. The summed E-state index contributed by atoms with van der Waals surface area (Å²) in [6, 6.07) is 4.74. The third-order valence-corrected chi connectivity index (χ3v) is 23.4. The first-order valence-corrected chi connectivity index (χ1v) is 38.5. The molecule has 0 spiro atoms. The molecule has 57 heavy (non-hydrogen) atoms. The molecule has 6 atom stereocenters. The summed E-state index contributed by atoms with van der Waals surface area (Å²) in [5, 5.41) is 0. The molecule has 0 N–H and O–H groups in total. The standard InChI is InChI=1S/C22H48O3Si2.C21H46O6Si3/c1-19(14-21(2,3)25-27(8,9)10)15-22(4,18-26(5,6)7)12-11-13-23-16-20-17-24-20;1-21(2,26-29(4,5)12-8-10-22-14-19-16-24-19)18-28(3)27-30(6,7)13-9-11-23-15-20-17-25-20/h19-20H,11-18H2,1-10H3;19-20,28H,8-18H2,1-7H3. The molecular formula is C43H94O9Si5. The van der Waals surface area contributed by atoms with E-state index in [4.69, 9.17) is 41.4 Å². The smallest absolute Gasteiger partial charge is 0.187 e. The van der Waals surface area contributed by atoms with E-state index in [0.29, 0.717) is 29.6 Å². The molecule has 14 heteroatoms. The lowest BCUT2D eigenvalue weighted by Crippen LogP contribution is -2.45. The van der Waals surface area contributed by atoms with Crippen LogP contribution in [0.3, 0.4) is 0 Å². The number of epoxide rings is 3. The number of ether oxygens (including phenoxy) is 6. The molecule has 340 valence electrons. The van der Waals surface area contributed by atoms with Gasteiger partial charge in [0.05, 0.1) is 50.8 Å². The zero-order chi connectivity index (χ0) is 43.2. The quantitative estimate of drug-likeness (QED) is 0.0372. The molecule has 0 aliphatic carbocycles. The Labute approximate surface area is 358 Å². The zero-order valence-corrected chi connectivity index (χ0v) is 45.7. The van der Waals surface area contributed by atoms with Crippen molar-refractivity contribution in [3.63, 3.8) is 0 Å². The molecule has 3 fully saturated rings. The Hall–Kier alpha value is 0.724. The Morgan fingerprint density at radius 3 is 1.47 bits per heavy atom. The Morgan fingerprint density at radius 2 is 1.05 bits per heavy atom. The third kappa shape index (κ3) is 30.4. The molecule has 9 nitrogen and oxygen atoms in total. The van der Waals surface area contributed by atoms with Crippen LogP contribution in [0.4, 0.5) is 0 Å². The monoisotopic (exact) mass is 895 g/mol. The minimum atomic E-state index is -1.72. The van der Waals surface area contributed by atoms with Gasteiger partial charge in [-0.05, 0) is 148 Å². The molecule has 0 bridgehead atoms. The van der Waals surface area contributed by atoms with E-state index in [2.05, 4.69) is 114 Å². The molecular weight excluding hydrogens is 801 g/mol. The summed E-state index contributed by atoms with van der Waals surface area (Å²) in [5.74, 6) is 0.679. The largest absolute Gasteiger partial charge is 0.458 e. The van der Waals surface area contributed by atoms with Crippen LogP contribution in [0.2, 0.25) is 96.2 Å². The van der Waals surface area contributed by atoms with E-state index >= 15 is 0 Å². The first-order valence-electron chi connectivity index (χ1n) is 22.7. The minimum Gasteiger partial charge on any atom is -0.458 e. The maximum Gasteiger partial charge on any atom is 0.187 e. The molecule has 0 radical (unpaired) electrons. The molecule has 3 heterocycles. The fraction of sp³-hybridized carbons (Fsp3) is 1.00. The van der Waals surface area contributed by atoms with Gasteiger partial charge in [0.15, 0.2) is 34.0 Å². The molecule has 3 aliphatic rings. The van der Waals surface area contributed by atoms with Gasteiger partial charge in [-0.3, -0.25) is 0 Å². The Bertz CT molecular complexity index is 1100. The molecule has 0 aromatic carbocycles. The SMILES string of the molecule is CC(CC(C)(CCCOCC1CO1)C[Si](C)(C)C)CC(C)(C)O[Si](C)(C)C.C[SiH](CC(C)(C)O[Si](C)(C)CCCOCC1CO1)O[Si](C)(C)CCCOCC1CO1. The number of rotatable bonds is 32. The van der Waals surface area contributed by atoms with Crippen LogP contribution in [-0.4, -0.2) is 131 Å². The van der Waals surface area contributed by atoms with Gasteiger partial charge >= 0.3 is 0 Å². The Balaban J connectivity index is 0.000000396. The summed E-state index contributed by atoms with van der Waals surface area (Å²) in [7, 11) is -7.28. The van der Waals surface area contributed by atoms with Crippen molar-refractivity contribution in [3.8, 4) is 0 Å². The van der Waals surface area contributed by atoms with Gasteiger partial charge in [0.1, 0.15) is 18.3 Å². The summed E-state index contributed by atoms with van der Waals surface area (Å²) < 4.78 is 52.6. The fourth-order valence-electron chi connectivity index (χ4n) is 9.28. The second-order valence-corrected chi connectivity index (χ2v) is 44.1. The van der Waals surface area contributed by atoms with Crippen molar-refractivity contribution >= 4 is 42.1 Å². The topological polar surface area (TPSA) is 93.0 Å². The lowest BCUT2D eigenvalue weighted by Gasteiger charge is -2.40. The number of hydrogen-bond acceptors (Lipinski definition) is 9. The van der Waals surface area contributed by atoms with Crippen molar-refractivity contribution in [2.45, 2.75) is 206 Å². The summed E-state index contributed by atoms with van der Waals surface area (Å²) in [5.41, 5.74) is 0.290. The van der Waals surface area contributed by atoms with Crippen LogP contribution in [0.25, 0.3) is 0 Å². The van der Waals surface area contributed by atoms with Crippen LogP contribution in [0.5, 0.6) is 0 Å². The van der Waals surface area contributed by atoms with Gasteiger partial charge in [0.25, 0.3) is 0 Å². The van der Waals surface area contributed by atoms with Crippen LogP contribution in [-0.2, 0) is 41.4 Å². The molecule has 3 saturated heterocycles. The highest BCUT2D eigenvalue weighted by Gasteiger charge is 2.37. The molecule has 3 aliphatic heterocycles. The van der Waals surface area contributed by atoms with Crippen molar-refractivity contribution in [1.29, 1.82) is 0 Å². The van der Waals surface area contributed by atoms with Crippen LogP contribution in [0, 0.1) is 11.3 Å². The summed E-state index contributed by atoms with van der Waals surface area (Å²) in [6.45, 7) is 47.5. The van der Waals surface area contributed by atoms with Gasteiger partial charge in [-0.1, -0.05) is 39.5 Å². The zero-order valence-electron chi connectivity index (χ0n) is 40.5. The minimum absolute atomic E-state index is 0.0165. The second kappa shape index (κ2) is 24.0. The average Bonchev–Trinajstić information content (AvgIpc) is 3.81. The Kier molecular flexibility index (Phi) is 22.6. The van der Waals surface area contributed by atoms with E-state index in [1.54, 1.807) is 0 Å². The molecule has 0 saturated carbocycles. The van der Waals surface area contributed by atoms with E-state index in [0.717, 1.165) is 103 Å². The van der Waals surface area contributed by atoms with Crippen molar-refractivity contribution in [2.75, 3.05) is 59.5 Å². The maximum atomic E-state index is 6.69. The van der Waals surface area contributed by atoms with Gasteiger partial charge in [-0.2, -0.15) is 0 Å². The second-order valence-electron chi connectivity index (χ2n) is 23.0. The first-order chi connectivity index (χ1) is 26.1. The lowest BCUT2D eigenvalue weighted by atomic mass is 9.77. The fourth-order valence-corrected chi connectivity index (χ4v) is 24.4. The Morgan fingerprint density at radius 1 is 0.614 bits per heavy atom. The maximum absolute atomic E-state index is 6.69. The summed E-state index contributed by atoms with van der Waals surface area (Å²) in [6.07, 6.45) is 8.12. The molecule has 6 unspecified atom stereocenters. The van der Waals surface area contributed by atoms with Crippen molar-refractivity contribution in [1.82, 2.24) is 0 Å².